The number of hydrogen-bond donors (Lipinski definition) is 0. The van der Waals surface area contributed by atoms with Crippen LogP contribution in [-0.2, 0) is 0 Å². The lowest BCUT2D eigenvalue weighted by atomic mass is 10.1. The summed E-state index contributed by atoms with van der Waals surface area (Å²) >= 11 is 1.66. The molecule has 0 atom stereocenters. The maximum absolute atomic E-state index is 12.8. The van der Waals surface area contributed by atoms with Gasteiger partial charge in [-0.1, -0.05) is 42.5 Å². The highest BCUT2D eigenvalue weighted by Gasteiger charge is 1.99. The van der Waals surface area contributed by atoms with E-state index >= 15 is 0 Å². The largest absolute Gasteiger partial charge is 0.493 e. The Morgan fingerprint density at radius 1 is 0.739 bits per heavy atom. The molecule has 0 aromatic heterocycles. The van der Waals surface area contributed by atoms with Gasteiger partial charge in [0.15, 0.2) is 0 Å². The van der Waals surface area contributed by atoms with Gasteiger partial charge in [-0.15, -0.1) is 11.8 Å². The van der Waals surface area contributed by atoms with E-state index < -0.39 is 0 Å². The first-order valence-electron chi connectivity index (χ1n) is 7.48. The zero-order valence-corrected chi connectivity index (χ0v) is 13.4. The quantitative estimate of drug-likeness (QED) is 0.427. The monoisotopic (exact) mass is 324 g/mol. The van der Waals surface area contributed by atoms with Crippen molar-refractivity contribution in [1.82, 2.24) is 0 Å². The first kappa shape index (κ1) is 15.6. The highest BCUT2D eigenvalue weighted by Crippen LogP contribution is 2.23. The number of benzene rings is 3. The predicted octanol–water partition coefficient (Wildman–Crippen LogP) is 5.66. The van der Waals surface area contributed by atoms with Crippen molar-refractivity contribution in [2.45, 2.75) is 4.90 Å². The van der Waals surface area contributed by atoms with E-state index in [1.54, 1.807) is 23.9 Å². The van der Waals surface area contributed by atoms with Crippen molar-refractivity contribution in [3.8, 4) is 16.9 Å². The Balaban J connectivity index is 1.48. The fraction of sp³-hybridized carbons (Fsp3) is 0.100. The first-order valence-corrected chi connectivity index (χ1v) is 8.46. The number of halogens is 1. The van der Waals surface area contributed by atoms with Crippen LogP contribution in [-0.4, -0.2) is 12.4 Å². The Labute approximate surface area is 140 Å². The first-order chi connectivity index (χ1) is 11.3. The van der Waals surface area contributed by atoms with Crippen LogP contribution in [0.5, 0.6) is 5.75 Å². The summed E-state index contributed by atoms with van der Waals surface area (Å²) in [6, 6.07) is 24.9. The van der Waals surface area contributed by atoms with E-state index in [-0.39, 0.29) is 5.82 Å². The molecule has 3 aromatic carbocycles. The van der Waals surface area contributed by atoms with E-state index in [4.69, 9.17) is 4.74 Å². The van der Waals surface area contributed by atoms with Crippen molar-refractivity contribution in [2.24, 2.45) is 0 Å². The summed E-state index contributed by atoms with van der Waals surface area (Å²) in [6.45, 7) is 0.618. The van der Waals surface area contributed by atoms with Crippen LogP contribution < -0.4 is 4.74 Å². The lowest BCUT2D eigenvalue weighted by Gasteiger charge is -2.07. The topological polar surface area (TPSA) is 9.23 Å². The van der Waals surface area contributed by atoms with Gasteiger partial charge in [-0.25, -0.2) is 4.39 Å². The Morgan fingerprint density at radius 3 is 2.09 bits per heavy atom. The van der Waals surface area contributed by atoms with Crippen LogP contribution in [0.3, 0.4) is 0 Å². The highest BCUT2D eigenvalue weighted by atomic mass is 32.2. The van der Waals surface area contributed by atoms with Gasteiger partial charge in [0.05, 0.1) is 6.61 Å². The van der Waals surface area contributed by atoms with Crippen molar-refractivity contribution in [1.29, 1.82) is 0 Å². The molecule has 0 aliphatic rings. The summed E-state index contributed by atoms with van der Waals surface area (Å²) in [7, 11) is 0. The molecule has 0 N–H and O–H groups in total. The van der Waals surface area contributed by atoms with E-state index in [9.17, 15) is 4.39 Å². The summed E-state index contributed by atoms with van der Waals surface area (Å²) in [4.78, 5) is 1.05. The van der Waals surface area contributed by atoms with Crippen LogP contribution in [0.2, 0.25) is 0 Å². The van der Waals surface area contributed by atoms with Crippen molar-refractivity contribution in [3.63, 3.8) is 0 Å². The van der Waals surface area contributed by atoms with E-state index in [1.165, 1.54) is 23.3 Å². The van der Waals surface area contributed by atoms with Gasteiger partial charge in [-0.05, 0) is 47.5 Å². The van der Waals surface area contributed by atoms with Crippen molar-refractivity contribution < 1.29 is 9.13 Å². The highest BCUT2D eigenvalue weighted by molar-refractivity contribution is 7.99. The number of ether oxygens (including phenoxy) is 1. The molecular formula is C20H17FOS. The van der Waals surface area contributed by atoms with Crippen LogP contribution in [0.15, 0.2) is 83.8 Å². The molecule has 0 aliphatic heterocycles. The van der Waals surface area contributed by atoms with Gasteiger partial charge in [0, 0.05) is 10.6 Å². The molecule has 116 valence electrons. The smallest absolute Gasteiger partial charge is 0.123 e. The van der Waals surface area contributed by atoms with Gasteiger partial charge >= 0.3 is 0 Å². The fourth-order valence-corrected chi connectivity index (χ4v) is 2.95. The van der Waals surface area contributed by atoms with E-state index in [0.29, 0.717) is 6.61 Å². The molecule has 0 radical (unpaired) electrons. The Morgan fingerprint density at radius 2 is 1.39 bits per heavy atom. The molecule has 0 spiro atoms. The normalized spacial score (nSPS) is 10.5. The van der Waals surface area contributed by atoms with Crippen molar-refractivity contribution >= 4 is 11.8 Å². The second-order valence-corrected chi connectivity index (χ2v) is 6.21. The second-order valence-electron chi connectivity index (χ2n) is 5.04. The van der Waals surface area contributed by atoms with Crippen molar-refractivity contribution in [2.75, 3.05) is 12.4 Å². The third-order valence-electron chi connectivity index (χ3n) is 3.40. The fourth-order valence-electron chi connectivity index (χ4n) is 2.22. The third kappa shape index (κ3) is 4.60. The van der Waals surface area contributed by atoms with Gasteiger partial charge in [-0.3, -0.25) is 0 Å². The maximum atomic E-state index is 12.8. The van der Waals surface area contributed by atoms with Gasteiger partial charge in [0.25, 0.3) is 0 Å². The lowest BCUT2D eigenvalue weighted by molar-refractivity contribution is 0.344. The molecule has 3 aromatic rings. The predicted molar refractivity (Wildman–Crippen MR) is 94.5 cm³/mol. The Hall–Kier alpha value is -2.26. The molecule has 0 saturated carbocycles. The van der Waals surface area contributed by atoms with Crippen LogP contribution in [0.1, 0.15) is 0 Å². The standard InChI is InChI=1S/C20H17FOS/c21-18-8-12-20(13-9-18)23-15-14-22-19-10-6-17(7-11-19)16-4-2-1-3-5-16/h1-13H,14-15H2. The number of rotatable bonds is 6. The second kappa shape index (κ2) is 7.84. The molecule has 1 nitrogen and oxygen atoms in total. The molecule has 0 aliphatic carbocycles. The summed E-state index contributed by atoms with van der Waals surface area (Å²) in [5.74, 6) is 1.49. The van der Waals surface area contributed by atoms with E-state index in [1.807, 2.05) is 30.3 Å². The summed E-state index contributed by atoms with van der Waals surface area (Å²) in [5.41, 5.74) is 2.38. The average Bonchev–Trinajstić information content (AvgIpc) is 2.62. The minimum atomic E-state index is -0.205. The molecule has 0 unspecified atom stereocenters. The SMILES string of the molecule is Fc1ccc(SCCOc2ccc(-c3ccccc3)cc2)cc1. The van der Waals surface area contributed by atoms with Crippen molar-refractivity contribution in [3.05, 3.63) is 84.7 Å². The minimum Gasteiger partial charge on any atom is -0.493 e. The van der Waals surface area contributed by atoms with Gasteiger partial charge < -0.3 is 4.74 Å². The average molecular weight is 324 g/mol. The maximum Gasteiger partial charge on any atom is 0.123 e. The zero-order valence-electron chi connectivity index (χ0n) is 12.6. The molecular weight excluding hydrogens is 307 g/mol. The molecule has 0 amide bonds. The minimum absolute atomic E-state index is 0.205. The molecule has 0 fully saturated rings. The summed E-state index contributed by atoms with van der Waals surface area (Å²) < 4.78 is 18.6. The number of thioether (sulfide) groups is 1. The number of hydrogen-bond acceptors (Lipinski definition) is 2. The molecule has 3 heteroatoms. The van der Waals surface area contributed by atoms with E-state index in [0.717, 1.165) is 16.4 Å². The zero-order chi connectivity index (χ0) is 15.9. The van der Waals surface area contributed by atoms with Gasteiger partial charge in [0.1, 0.15) is 11.6 Å². The van der Waals surface area contributed by atoms with Crippen LogP contribution >= 0.6 is 11.8 Å². The van der Waals surface area contributed by atoms with Crippen LogP contribution in [0, 0.1) is 5.82 Å². The van der Waals surface area contributed by atoms with Crippen LogP contribution in [0.4, 0.5) is 4.39 Å². The molecule has 0 saturated heterocycles. The Bertz CT molecular complexity index is 724. The van der Waals surface area contributed by atoms with Gasteiger partial charge in [0.2, 0.25) is 0 Å². The third-order valence-corrected chi connectivity index (χ3v) is 4.37. The molecule has 0 bridgehead atoms. The lowest BCUT2D eigenvalue weighted by Crippen LogP contribution is -1.99. The molecule has 23 heavy (non-hydrogen) atoms. The van der Waals surface area contributed by atoms with E-state index in [2.05, 4.69) is 24.3 Å². The summed E-state index contributed by atoms with van der Waals surface area (Å²) in [5, 5.41) is 0. The molecule has 0 heterocycles. The Kier molecular flexibility index (Phi) is 5.33. The van der Waals surface area contributed by atoms with Crippen LogP contribution in [0.25, 0.3) is 11.1 Å². The van der Waals surface area contributed by atoms with Gasteiger partial charge in [-0.2, -0.15) is 0 Å². The molecule has 3 rings (SSSR count). The summed E-state index contributed by atoms with van der Waals surface area (Å²) in [6.07, 6.45) is 0.